The Balaban J connectivity index is 2.52. The van der Waals surface area contributed by atoms with E-state index in [1.807, 2.05) is 0 Å². The van der Waals surface area contributed by atoms with E-state index >= 15 is 0 Å². The second-order valence-electron chi connectivity index (χ2n) is 4.17. The first-order chi connectivity index (χ1) is 10.4. The van der Waals surface area contributed by atoms with Crippen LogP contribution in [0.25, 0.3) is 0 Å². The molecule has 0 heterocycles. The molecule has 1 rings (SSSR count). The van der Waals surface area contributed by atoms with Gasteiger partial charge < -0.3 is 9.47 Å². The summed E-state index contributed by atoms with van der Waals surface area (Å²) in [5.41, 5.74) is 0. The van der Waals surface area contributed by atoms with Crippen molar-refractivity contribution in [3.63, 3.8) is 0 Å². The minimum absolute atomic E-state index is 0.130. The Hall–Kier alpha value is -1.74. The predicted molar refractivity (Wildman–Crippen MR) is 80.9 cm³/mol. The van der Waals surface area contributed by atoms with E-state index in [2.05, 4.69) is 20.3 Å². The van der Waals surface area contributed by atoms with E-state index in [9.17, 15) is 18.0 Å². The molecular formula is C13H14BrNO6S. The molecule has 1 unspecified atom stereocenters. The van der Waals surface area contributed by atoms with Gasteiger partial charge in [-0.2, -0.15) is 8.42 Å². The monoisotopic (exact) mass is 391 g/mol. The highest BCUT2D eigenvalue weighted by atomic mass is 79.9. The molecule has 0 aliphatic rings. The van der Waals surface area contributed by atoms with Crippen molar-refractivity contribution in [2.75, 3.05) is 0 Å². The van der Waals surface area contributed by atoms with Crippen LogP contribution in [0, 0.1) is 0 Å². The van der Waals surface area contributed by atoms with E-state index in [0.717, 1.165) is 0 Å². The van der Waals surface area contributed by atoms with Crippen molar-refractivity contribution in [3.8, 4) is 5.75 Å². The Kier molecular flexibility index (Phi) is 7.75. The van der Waals surface area contributed by atoms with Gasteiger partial charge in [0.05, 0.1) is 4.47 Å². The molecule has 0 aromatic heterocycles. The van der Waals surface area contributed by atoms with Gasteiger partial charge in [-0.3, -0.25) is 4.79 Å². The Morgan fingerprint density at radius 3 is 2.59 bits per heavy atom. The van der Waals surface area contributed by atoms with Crippen LogP contribution in [0.4, 0.5) is 4.79 Å². The third kappa shape index (κ3) is 6.81. The molecule has 0 N–H and O–H groups in total. The minimum atomic E-state index is -2.76. The van der Waals surface area contributed by atoms with Crippen LogP contribution in [0.5, 0.6) is 5.75 Å². The topological polar surface area (TPSA) is 99.1 Å². The van der Waals surface area contributed by atoms with Crippen molar-refractivity contribution in [1.29, 1.82) is 0 Å². The summed E-state index contributed by atoms with van der Waals surface area (Å²) in [5.74, 6) is -0.468. The average molecular weight is 392 g/mol. The number of para-hydroxylation sites is 1. The number of benzene rings is 1. The average Bonchev–Trinajstić information content (AvgIpc) is 2.45. The van der Waals surface area contributed by atoms with Gasteiger partial charge in [0.1, 0.15) is 11.9 Å². The summed E-state index contributed by atoms with van der Waals surface area (Å²) in [7, 11) is -2.76. The second kappa shape index (κ2) is 9.31. The molecule has 0 saturated heterocycles. The van der Waals surface area contributed by atoms with Gasteiger partial charge in [0.15, 0.2) is 0 Å². The molecule has 0 aliphatic heterocycles. The van der Waals surface area contributed by atoms with E-state index in [0.29, 0.717) is 16.6 Å². The first-order valence-electron chi connectivity index (χ1n) is 6.39. The fourth-order valence-electron chi connectivity index (χ4n) is 1.54. The Morgan fingerprint density at radius 1 is 1.32 bits per heavy atom. The molecule has 1 amide bonds. The van der Waals surface area contributed by atoms with Crippen molar-refractivity contribution in [1.82, 2.24) is 0 Å². The van der Waals surface area contributed by atoms with Gasteiger partial charge in [0.25, 0.3) is 5.91 Å². The summed E-state index contributed by atoms with van der Waals surface area (Å²) in [6, 6.07) is 6.78. The van der Waals surface area contributed by atoms with Gasteiger partial charge in [-0.05, 0) is 40.9 Å². The van der Waals surface area contributed by atoms with E-state index in [4.69, 9.17) is 9.47 Å². The van der Waals surface area contributed by atoms with Crippen LogP contribution in [0.15, 0.2) is 33.1 Å². The van der Waals surface area contributed by atoms with Gasteiger partial charge in [-0.25, -0.2) is 4.79 Å². The fourth-order valence-corrected chi connectivity index (χ4v) is 2.16. The highest BCUT2D eigenvalue weighted by Crippen LogP contribution is 2.24. The molecule has 1 aromatic rings. The second-order valence-corrected chi connectivity index (χ2v) is 5.64. The number of amides is 1. The number of carbonyl (C=O) groups excluding carboxylic acids is 2. The summed E-state index contributed by atoms with van der Waals surface area (Å²) in [5, 5.41) is 0. The molecule has 0 aliphatic carbocycles. The van der Waals surface area contributed by atoms with Crippen molar-refractivity contribution in [3.05, 3.63) is 28.7 Å². The zero-order valence-electron chi connectivity index (χ0n) is 11.7. The summed E-state index contributed by atoms with van der Waals surface area (Å²) >= 11 is 3.23. The summed E-state index contributed by atoms with van der Waals surface area (Å²) in [6.07, 6.45) is -0.959. The lowest BCUT2D eigenvalue weighted by Crippen LogP contribution is -2.21. The van der Waals surface area contributed by atoms with E-state index in [1.54, 1.807) is 31.2 Å². The first-order valence-corrected chi connectivity index (χ1v) is 8.21. The molecular weight excluding hydrogens is 378 g/mol. The van der Waals surface area contributed by atoms with E-state index < -0.39 is 28.7 Å². The zero-order chi connectivity index (χ0) is 16.5. The Labute approximate surface area is 137 Å². The van der Waals surface area contributed by atoms with Gasteiger partial charge in [-0.1, -0.05) is 23.4 Å². The molecule has 0 fully saturated rings. The number of hydrogen-bond donors (Lipinski definition) is 0. The van der Waals surface area contributed by atoms with E-state index in [-0.39, 0.29) is 12.8 Å². The normalized spacial score (nSPS) is 11.4. The minimum Gasteiger partial charge on any atom is -0.431 e. The molecule has 0 spiro atoms. The number of halogens is 1. The van der Waals surface area contributed by atoms with Crippen LogP contribution in [0.1, 0.15) is 26.2 Å². The van der Waals surface area contributed by atoms with Gasteiger partial charge in [0.2, 0.25) is 0 Å². The van der Waals surface area contributed by atoms with Gasteiger partial charge in [-0.15, -0.1) is 0 Å². The van der Waals surface area contributed by atoms with E-state index in [1.165, 1.54) is 0 Å². The number of nitrogens with zero attached hydrogens (tertiary/aromatic N) is 1. The van der Waals surface area contributed by atoms with Crippen LogP contribution < -0.4 is 4.74 Å². The maximum Gasteiger partial charge on any atom is 0.514 e. The maximum atomic E-state index is 11.7. The number of carbonyl (C=O) groups is 2. The fraction of sp³-hybridized carbons (Fsp3) is 0.385. The quantitative estimate of drug-likeness (QED) is 0.545. The lowest BCUT2D eigenvalue weighted by atomic mass is 10.1. The molecule has 22 heavy (non-hydrogen) atoms. The van der Waals surface area contributed by atoms with Crippen molar-refractivity contribution >= 4 is 38.5 Å². The van der Waals surface area contributed by atoms with Crippen LogP contribution in [0.3, 0.4) is 0 Å². The van der Waals surface area contributed by atoms with Gasteiger partial charge >= 0.3 is 16.7 Å². The summed E-state index contributed by atoms with van der Waals surface area (Å²) in [6.45, 7) is 1.77. The first kappa shape index (κ1) is 18.3. The molecule has 0 bridgehead atoms. The van der Waals surface area contributed by atoms with Crippen LogP contribution in [-0.2, 0) is 20.0 Å². The number of ether oxygens (including phenoxy) is 2. The van der Waals surface area contributed by atoms with Crippen LogP contribution in [-0.4, -0.2) is 26.6 Å². The maximum absolute atomic E-state index is 11.7. The Morgan fingerprint density at radius 2 is 2.00 bits per heavy atom. The number of rotatable bonds is 6. The van der Waals surface area contributed by atoms with Crippen molar-refractivity contribution in [2.24, 2.45) is 4.36 Å². The van der Waals surface area contributed by atoms with Crippen LogP contribution >= 0.6 is 15.9 Å². The molecule has 9 heteroatoms. The van der Waals surface area contributed by atoms with Crippen molar-refractivity contribution < 1.29 is 27.5 Å². The molecule has 1 aromatic carbocycles. The summed E-state index contributed by atoms with van der Waals surface area (Å²) in [4.78, 5) is 22.8. The van der Waals surface area contributed by atoms with Crippen LogP contribution in [0.2, 0.25) is 0 Å². The number of hydrogen-bond acceptors (Lipinski definition) is 6. The lowest BCUT2D eigenvalue weighted by molar-refractivity contribution is -0.118. The zero-order valence-corrected chi connectivity index (χ0v) is 14.1. The molecule has 120 valence electrons. The highest BCUT2D eigenvalue weighted by Gasteiger charge is 2.17. The lowest BCUT2D eigenvalue weighted by Gasteiger charge is -2.15. The molecule has 0 saturated carbocycles. The molecule has 1 atom stereocenters. The Bertz CT molecular complexity index is 665. The largest absolute Gasteiger partial charge is 0.514 e. The predicted octanol–water partition coefficient (Wildman–Crippen LogP) is 3.11. The third-order valence-corrected chi connectivity index (χ3v) is 3.61. The highest BCUT2D eigenvalue weighted by molar-refractivity contribution is 9.10. The van der Waals surface area contributed by atoms with Crippen molar-refractivity contribution in [2.45, 2.75) is 32.3 Å². The third-order valence-electron chi connectivity index (χ3n) is 2.60. The summed E-state index contributed by atoms with van der Waals surface area (Å²) < 4.78 is 34.0. The molecule has 0 radical (unpaired) electrons. The standard InChI is InChI=1S/C13H14BrNO6S/c1-2-9(7-8-12(16)15-22(18)19)20-13(17)21-11-6-4-3-5-10(11)14/h3-6,9H,2,7-8H2,1H3. The van der Waals surface area contributed by atoms with Gasteiger partial charge in [0, 0.05) is 6.42 Å². The molecule has 7 nitrogen and oxygen atoms in total. The SMILES string of the molecule is CCC(CCC(=O)N=S(=O)=O)OC(=O)Oc1ccccc1Br. The smallest absolute Gasteiger partial charge is 0.431 e.